The third-order valence-electron chi connectivity index (χ3n) is 4.64. The van der Waals surface area contributed by atoms with Crippen molar-refractivity contribution < 1.29 is 5.11 Å². The lowest BCUT2D eigenvalue weighted by molar-refractivity contribution is 0.245. The van der Waals surface area contributed by atoms with Crippen LogP contribution < -0.4 is 5.32 Å². The molecule has 29 heavy (non-hydrogen) atoms. The van der Waals surface area contributed by atoms with Gasteiger partial charge in [0.1, 0.15) is 5.82 Å². The quantitative estimate of drug-likeness (QED) is 0.254. The van der Waals surface area contributed by atoms with Gasteiger partial charge in [-0.3, -0.25) is 4.99 Å². The van der Waals surface area contributed by atoms with E-state index in [2.05, 4.69) is 53.1 Å². The van der Waals surface area contributed by atoms with E-state index >= 15 is 0 Å². The number of rotatable bonds is 10. The third-order valence-corrected chi connectivity index (χ3v) is 4.64. The molecule has 1 atom stereocenters. The summed E-state index contributed by atoms with van der Waals surface area (Å²) in [6, 6.07) is 10.2. The van der Waals surface area contributed by atoms with Crippen molar-refractivity contribution in [3.05, 3.63) is 42.4 Å². The van der Waals surface area contributed by atoms with Gasteiger partial charge in [0.15, 0.2) is 5.96 Å². The van der Waals surface area contributed by atoms with Crippen LogP contribution in [-0.4, -0.2) is 52.7 Å². The number of nitrogens with zero attached hydrogens (tertiary/aromatic N) is 3. The first-order chi connectivity index (χ1) is 13.5. The Morgan fingerprint density at radius 2 is 2.00 bits per heavy atom. The molecule has 3 N–H and O–H groups in total. The Bertz CT molecular complexity index is 717. The first-order valence-electron chi connectivity index (χ1n) is 10.2. The van der Waals surface area contributed by atoms with Crippen LogP contribution in [0, 0.1) is 11.8 Å². The van der Waals surface area contributed by atoms with Crippen LogP contribution in [0.25, 0.3) is 11.3 Å². The molecule has 7 heteroatoms. The number of hydrogen-bond donors (Lipinski definition) is 3. The lowest BCUT2D eigenvalue weighted by Crippen LogP contribution is -2.39. The van der Waals surface area contributed by atoms with Crippen LogP contribution in [0.4, 0.5) is 0 Å². The van der Waals surface area contributed by atoms with E-state index in [1.54, 1.807) is 0 Å². The Kier molecular flexibility index (Phi) is 11.9. The number of imidazole rings is 1. The molecule has 0 aliphatic carbocycles. The highest BCUT2D eigenvalue weighted by atomic mass is 127. The molecule has 6 nitrogen and oxygen atoms in total. The maximum absolute atomic E-state index is 9.33. The van der Waals surface area contributed by atoms with Crippen molar-refractivity contribution in [2.24, 2.45) is 16.8 Å². The van der Waals surface area contributed by atoms with E-state index in [0.717, 1.165) is 49.0 Å². The zero-order valence-electron chi connectivity index (χ0n) is 18.1. The minimum Gasteiger partial charge on any atom is -0.396 e. The van der Waals surface area contributed by atoms with Gasteiger partial charge in [-0.2, -0.15) is 0 Å². The monoisotopic (exact) mass is 513 g/mol. The summed E-state index contributed by atoms with van der Waals surface area (Å²) in [5.41, 5.74) is 2.15. The predicted molar refractivity (Wildman–Crippen MR) is 132 cm³/mol. The summed E-state index contributed by atoms with van der Waals surface area (Å²) < 4.78 is 0. The first-order valence-corrected chi connectivity index (χ1v) is 10.2. The Hall–Kier alpha value is -1.61. The smallest absolute Gasteiger partial charge is 0.194 e. The molecule has 1 unspecified atom stereocenters. The molecule has 0 aliphatic heterocycles. The highest BCUT2D eigenvalue weighted by Gasteiger charge is 2.13. The number of hydrogen-bond acceptors (Lipinski definition) is 3. The fraction of sp³-hybridized carbons (Fsp3) is 0.545. The number of H-pyrrole nitrogens is 1. The van der Waals surface area contributed by atoms with Crippen LogP contribution in [0.15, 0.2) is 41.5 Å². The number of aromatic nitrogens is 2. The van der Waals surface area contributed by atoms with Crippen molar-refractivity contribution in [1.82, 2.24) is 20.2 Å². The van der Waals surface area contributed by atoms with Crippen molar-refractivity contribution in [3.63, 3.8) is 0 Å². The Balaban J connectivity index is 0.00000420. The minimum atomic E-state index is 0. The molecule has 1 aromatic heterocycles. The van der Waals surface area contributed by atoms with Crippen molar-refractivity contribution in [1.29, 1.82) is 0 Å². The summed E-state index contributed by atoms with van der Waals surface area (Å²) in [7, 11) is 2.02. The van der Waals surface area contributed by atoms with Crippen LogP contribution in [0.5, 0.6) is 0 Å². The van der Waals surface area contributed by atoms with E-state index in [4.69, 9.17) is 4.99 Å². The molecule has 1 heterocycles. The second kappa shape index (κ2) is 13.6. The highest BCUT2D eigenvalue weighted by molar-refractivity contribution is 14.0. The van der Waals surface area contributed by atoms with Crippen molar-refractivity contribution >= 4 is 29.9 Å². The number of aliphatic hydroxyl groups is 1. The number of benzene rings is 1. The van der Waals surface area contributed by atoms with Gasteiger partial charge in [-0.1, -0.05) is 44.2 Å². The van der Waals surface area contributed by atoms with E-state index in [1.807, 2.05) is 31.4 Å². The maximum Gasteiger partial charge on any atom is 0.194 e. The number of guanidine groups is 1. The summed E-state index contributed by atoms with van der Waals surface area (Å²) >= 11 is 0. The molecule has 0 radical (unpaired) electrons. The molecule has 0 saturated heterocycles. The van der Waals surface area contributed by atoms with Crippen LogP contribution in [-0.2, 0) is 6.54 Å². The average molecular weight is 513 g/mol. The number of nitrogens with one attached hydrogen (secondary N) is 2. The van der Waals surface area contributed by atoms with Gasteiger partial charge in [-0.15, -0.1) is 24.0 Å². The summed E-state index contributed by atoms with van der Waals surface area (Å²) in [5.74, 6) is 2.78. The number of halogens is 1. The summed E-state index contributed by atoms with van der Waals surface area (Å²) in [6.07, 6.45) is 3.75. The van der Waals surface area contributed by atoms with Gasteiger partial charge in [-0.25, -0.2) is 4.98 Å². The maximum atomic E-state index is 9.33. The van der Waals surface area contributed by atoms with Crippen LogP contribution in [0.2, 0.25) is 0 Å². The van der Waals surface area contributed by atoms with Gasteiger partial charge in [0, 0.05) is 26.7 Å². The highest BCUT2D eigenvalue weighted by Crippen LogP contribution is 2.17. The molecule has 2 aromatic rings. The Labute approximate surface area is 192 Å². The molecular formula is C22H36IN5O. The molecule has 162 valence electrons. The SMILES string of the molecule is CCNC(=NCC(CCO)CC(C)C)N(C)Cc1ncc(-c2ccccc2)[nH]1.I. The van der Waals surface area contributed by atoms with Crippen molar-refractivity contribution in [2.75, 3.05) is 26.7 Å². The fourth-order valence-corrected chi connectivity index (χ4v) is 3.32. The average Bonchev–Trinajstić information content (AvgIpc) is 3.13. The standard InChI is InChI=1S/C22H35N5O.HI/c1-5-23-22(25-14-18(11-12-28)13-17(2)3)27(4)16-21-24-15-20(26-21)19-9-7-6-8-10-19;/h6-10,15,17-18,28H,5,11-14,16H2,1-4H3,(H,23,25)(H,24,26);1H. The van der Waals surface area contributed by atoms with Gasteiger partial charge in [-0.05, 0) is 37.2 Å². The topological polar surface area (TPSA) is 76.5 Å². The second-order valence-electron chi connectivity index (χ2n) is 7.67. The lowest BCUT2D eigenvalue weighted by Gasteiger charge is -2.23. The van der Waals surface area contributed by atoms with E-state index < -0.39 is 0 Å². The molecule has 2 rings (SSSR count). The molecule has 0 bridgehead atoms. The van der Waals surface area contributed by atoms with Crippen LogP contribution >= 0.6 is 24.0 Å². The van der Waals surface area contributed by atoms with Gasteiger partial charge in [0.2, 0.25) is 0 Å². The van der Waals surface area contributed by atoms with Gasteiger partial charge < -0.3 is 20.3 Å². The normalized spacial score (nSPS) is 12.6. The van der Waals surface area contributed by atoms with Gasteiger partial charge >= 0.3 is 0 Å². The van der Waals surface area contributed by atoms with E-state index in [9.17, 15) is 5.11 Å². The summed E-state index contributed by atoms with van der Waals surface area (Å²) in [5, 5.41) is 12.7. The fourth-order valence-electron chi connectivity index (χ4n) is 3.32. The number of aliphatic imine (C=N–C) groups is 1. The molecule has 0 saturated carbocycles. The van der Waals surface area contributed by atoms with Crippen LogP contribution in [0.3, 0.4) is 0 Å². The van der Waals surface area contributed by atoms with Gasteiger partial charge in [0.25, 0.3) is 0 Å². The molecule has 1 aromatic carbocycles. The largest absolute Gasteiger partial charge is 0.396 e. The molecule has 0 amide bonds. The van der Waals surface area contributed by atoms with Crippen molar-refractivity contribution in [2.45, 2.75) is 40.2 Å². The number of aromatic amines is 1. The second-order valence-corrected chi connectivity index (χ2v) is 7.67. The molecule has 0 spiro atoms. The van der Waals surface area contributed by atoms with E-state index in [1.165, 1.54) is 0 Å². The Morgan fingerprint density at radius 1 is 1.28 bits per heavy atom. The molecular weight excluding hydrogens is 477 g/mol. The van der Waals surface area contributed by atoms with Crippen molar-refractivity contribution in [3.8, 4) is 11.3 Å². The van der Waals surface area contributed by atoms with E-state index in [-0.39, 0.29) is 30.6 Å². The van der Waals surface area contributed by atoms with Gasteiger partial charge in [0.05, 0.1) is 18.4 Å². The minimum absolute atomic E-state index is 0. The molecule has 0 aliphatic rings. The van der Waals surface area contributed by atoms with Crippen LogP contribution in [0.1, 0.15) is 39.4 Å². The molecule has 0 fully saturated rings. The zero-order chi connectivity index (χ0) is 20.4. The Morgan fingerprint density at radius 3 is 2.62 bits per heavy atom. The zero-order valence-corrected chi connectivity index (χ0v) is 20.4. The number of aliphatic hydroxyl groups excluding tert-OH is 1. The summed E-state index contributed by atoms with van der Waals surface area (Å²) in [6.45, 7) is 8.90. The lowest BCUT2D eigenvalue weighted by atomic mass is 9.94. The van der Waals surface area contributed by atoms with E-state index in [0.29, 0.717) is 18.4 Å². The summed E-state index contributed by atoms with van der Waals surface area (Å²) in [4.78, 5) is 14.8. The third kappa shape index (κ3) is 8.74. The predicted octanol–water partition coefficient (Wildman–Crippen LogP) is 4.14. The first kappa shape index (κ1) is 25.4.